The molecule has 0 unspecified atom stereocenters. The Bertz CT molecular complexity index is 629. The SMILES string of the molecule is CCS(=O)(=O)CCNc1nc(C(F)(F)F)ccc1C(=O)O. The van der Waals surface area contributed by atoms with Gasteiger partial charge in [0.25, 0.3) is 0 Å². The van der Waals surface area contributed by atoms with Crippen LogP contribution in [0.5, 0.6) is 0 Å². The van der Waals surface area contributed by atoms with Crippen LogP contribution in [0.25, 0.3) is 0 Å². The van der Waals surface area contributed by atoms with E-state index in [1.165, 1.54) is 6.92 Å². The molecule has 1 aromatic rings. The fourth-order valence-electron chi connectivity index (χ4n) is 1.39. The standard InChI is InChI=1S/C11H13F3N2O4S/c1-2-21(19,20)6-5-15-9-7(10(17)18)3-4-8(16-9)11(12,13)14/h3-4H,2,5-6H2,1H3,(H,15,16)(H,17,18). The van der Waals surface area contributed by atoms with Gasteiger partial charge in [-0.25, -0.2) is 18.2 Å². The number of aromatic nitrogens is 1. The number of rotatable bonds is 6. The Morgan fingerprint density at radius 1 is 1.38 bits per heavy atom. The lowest BCUT2D eigenvalue weighted by Crippen LogP contribution is -2.20. The van der Waals surface area contributed by atoms with Crippen molar-refractivity contribution in [1.29, 1.82) is 0 Å². The molecule has 0 bridgehead atoms. The maximum absolute atomic E-state index is 12.5. The molecule has 21 heavy (non-hydrogen) atoms. The lowest BCUT2D eigenvalue weighted by molar-refractivity contribution is -0.141. The monoisotopic (exact) mass is 326 g/mol. The summed E-state index contributed by atoms with van der Waals surface area (Å²) in [6.07, 6.45) is -4.72. The molecule has 118 valence electrons. The highest BCUT2D eigenvalue weighted by atomic mass is 32.2. The maximum atomic E-state index is 12.5. The van der Waals surface area contributed by atoms with E-state index in [0.717, 1.165) is 6.07 Å². The van der Waals surface area contributed by atoms with Crippen molar-refractivity contribution in [2.45, 2.75) is 13.1 Å². The van der Waals surface area contributed by atoms with Crippen LogP contribution < -0.4 is 5.32 Å². The first-order chi connectivity index (χ1) is 9.57. The molecule has 0 spiro atoms. The van der Waals surface area contributed by atoms with E-state index in [4.69, 9.17) is 5.11 Å². The van der Waals surface area contributed by atoms with Crippen LogP contribution in [0.4, 0.5) is 19.0 Å². The van der Waals surface area contributed by atoms with Gasteiger partial charge in [-0.05, 0) is 12.1 Å². The molecular weight excluding hydrogens is 313 g/mol. The topological polar surface area (TPSA) is 96.4 Å². The van der Waals surface area contributed by atoms with Crippen molar-refractivity contribution < 1.29 is 31.5 Å². The molecule has 6 nitrogen and oxygen atoms in total. The van der Waals surface area contributed by atoms with Gasteiger partial charge in [-0.1, -0.05) is 6.92 Å². The number of hydrogen-bond acceptors (Lipinski definition) is 5. The highest BCUT2D eigenvalue weighted by molar-refractivity contribution is 7.91. The number of anilines is 1. The third-order valence-corrected chi connectivity index (χ3v) is 4.27. The van der Waals surface area contributed by atoms with Crippen LogP contribution in [0.2, 0.25) is 0 Å². The number of nitrogens with one attached hydrogen (secondary N) is 1. The van der Waals surface area contributed by atoms with Crippen LogP contribution in [-0.2, 0) is 16.0 Å². The van der Waals surface area contributed by atoms with Crippen molar-refractivity contribution in [3.05, 3.63) is 23.4 Å². The average Bonchev–Trinajstić information content (AvgIpc) is 2.37. The molecule has 0 saturated carbocycles. The molecule has 2 N–H and O–H groups in total. The Hall–Kier alpha value is -1.84. The molecule has 1 aromatic heterocycles. The van der Waals surface area contributed by atoms with Gasteiger partial charge in [-0.15, -0.1) is 0 Å². The summed E-state index contributed by atoms with van der Waals surface area (Å²) in [6.45, 7) is 1.20. The molecular formula is C11H13F3N2O4S. The Balaban J connectivity index is 3.00. The van der Waals surface area contributed by atoms with Crippen LogP contribution in [-0.4, -0.2) is 42.5 Å². The first-order valence-corrected chi connectivity index (χ1v) is 7.65. The lowest BCUT2D eigenvalue weighted by Gasteiger charge is -2.12. The number of aromatic carboxylic acids is 1. The van der Waals surface area contributed by atoms with Gasteiger partial charge in [0, 0.05) is 12.3 Å². The van der Waals surface area contributed by atoms with Crippen molar-refractivity contribution in [3.63, 3.8) is 0 Å². The minimum atomic E-state index is -4.72. The summed E-state index contributed by atoms with van der Waals surface area (Å²) in [5.74, 6) is -2.42. The second kappa shape index (κ2) is 6.29. The molecule has 0 aromatic carbocycles. The first-order valence-electron chi connectivity index (χ1n) is 5.82. The van der Waals surface area contributed by atoms with E-state index in [1.54, 1.807) is 0 Å². The smallest absolute Gasteiger partial charge is 0.433 e. The maximum Gasteiger partial charge on any atom is 0.433 e. The normalized spacial score (nSPS) is 12.2. The van der Waals surface area contributed by atoms with Gasteiger partial charge >= 0.3 is 12.1 Å². The van der Waals surface area contributed by atoms with Crippen molar-refractivity contribution in [2.24, 2.45) is 0 Å². The highest BCUT2D eigenvalue weighted by Gasteiger charge is 2.33. The molecule has 1 rings (SSSR count). The van der Waals surface area contributed by atoms with Crippen molar-refractivity contribution in [1.82, 2.24) is 4.98 Å². The van der Waals surface area contributed by atoms with Gasteiger partial charge in [-0.2, -0.15) is 13.2 Å². The number of carbonyl (C=O) groups is 1. The molecule has 0 fully saturated rings. The minimum Gasteiger partial charge on any atom is -0.478 e. The van der Waals surface area contributed by atoms with Gasteiger partial charge < -0.3 is 10.4 Å². The summed E-state index contributed by atoms with van der Waals surface area (Å²) in [6, 6.07) is 1.33. The Morgan fingerprint density at radius 3 is 2.48 bits per heavy atom. The zero-order valence-electron chi connectivity index (χ0n) is 10.9. The molecule has 0 saturated heterocycles. The summed E-state index contributed by atoms with van der Waals surface area (Å²) >= 11 is 0. The minimum absolute atomic E-state index is 0.115. The van der Waals surface area contributed by atoms with E-state index < -0.39 is 39.1 Å². The van der Waals surface area contributed by atoms with Gasteiger partial charge in [0.05, 0.1) is 5.75 Å². The van der Waals surface area contributed by atoms with Crippen molar-refractivity contribution in [3.8, 4) is 0 Å². The van der Waals surface area contributed by atoms with E-state index >= 15 is 0 Å². The van der Waals surface area contributed by atoms with E-state index in [-0.39, 0.29) is 18.1 Å². The number of pyridine rings is 1. The largest absolute Gasteiger partial charge is 0.478 e. The molecule has 10 heteroatoms. The summed E-state index contributed by atoms with van der Waals surface area (Å²) in [4.78, 5) is 14.1. The Morgan fingerprint density at radius 2 is 2.00 bits per heavy atom. The summed E-state index contributed by atoms with van der Waals surface area (Å²) in [7, 11) is -3.32. The zero-order chi connectivity index (χ0) is 16.3. The van der Waals surface area contributed by atoms with Gasteiger partial charge in [0.1, 0.15) is 17.1 Å². The van der Waals surface area contributed by atoms with Crippen LogP contribution >= 0.6 is 0 Å². The highest BCUT2D eigenvalue weighted by Crippen LogP contribution is 2.29. The number of halogens is 3. The molecule has 0 radical (unpaired) electrons. The van der Waals surface area contributed by atoms with Crippen LogP contribution in [0.15, 0.2) is 12.1 Å². The molecule has 0 aliphatic heterocycles. The fourth-order valence-corrected chi connectivity index (χ4v) is 2.10. The Kier molecular flexibility index (Phi) is 5.15. The molecule has 0 aliphatic carbocycles. The molecule has 0 aliphatic rings. The first kappa shape index (κ1) is 17.2. The second-order valence-electron chi connectivity index (χ2n) is 4.06. The van der Waals surface area contributed by atoms with Crippen LogP contribution in [0.1, 0.15) is 23.0 Å². The summed E-state index contributed by atoms with van der Waals surface area (Å²) in [5.41, 5.74) is -1.72. The summed E-state index contributed by atoms with van der Waals surface area (Å²) < 4.78 is 60.2. The fraction of sp³-hybridized carbons (Fsp3) is 0.455. The number of carboxylic acids is 1. The quantitative estimate of drug-likeness (QED) is 0.825. The third kappa shape index (κ3) is 4.88. The second-order valence-corrected chi connectivity index (χ2v) is 6.53. The number of alkyl halides is 3. The average molecular weight is 326 g/mol. The number of hydrogen-bond donors (Lipinski definition) is 2. The number of nitrogens with zero attached hydrogens (tertiary/aromatic N) is 1. The number of sulfone groups is 1. The number of carboxylic acid groups (broad SMARTS) is 1. The van der Waals surface area contributed by atoms with E-state index in [0.29, 0.717) is 6.07 Å². The van der Waals surface area contributed by atoms with Gasteiger partial charge in [0.15, 0.2) is 9.84 Å². The van der Waals surface area contributed by atoms with Gasteiger partial charge in [0.2, 0.25) is 0 Å². The van der Waals surface area contributed by atoms with Crippen molar-refractivity contribution in [2.75, 3.05) is 23.4 Å². The predicted molar refractivity (Wildman–Crippen MR) is 69.0 cm³/mol. The Labute approximate surface area is 118 Å². The predicted octanol–water partition coefficient (Wildman–Crippen LogP) is 1.65. The van der Waals surface area contributed by atoms with E-state index in [1.807, 2.05) is 0 Å². The molecule has 1 heterocycles. The summed E-state index contributed by atoms with van der Waals surface area (Å²) in [5, 5.41) is 11.2. The van der Waals surface area contributed by atoms with Crippen LogP contribution in [0, 0.1) is 0 Å². The van der Waals surface area contributed by atoms with Crippen LogP contribution in [0.3, 0.4) is 0 Å². The molecule has 0 amide bonds. The lowest BCUT2D eigenvalue weighted by atomic mass is 10.2. The van der Waals surface area contributed by atoms with E-state index in [9.17, 15) is 26.4 Å². The van der Waals surface area contributed by atoms with E-state index in [2.05, 4.69) is 10.3 Å². The van der Waals surface area contributed by atoms with Crippen molar-refractivity contribution >= 4 is 21.6 Å². The molecule has 0 atom stereocenters. The van der Waals surface area contributed by atoms with Gasteiger partial charge in [-0.3, -0.25) is 0 Å². The third-order valence-electron chi connectivity index (χ3n) is 2.56. The zero-order valence-corrected chi connectivity index (χ0v) is 11.8.